The number of aromatic nitrogens is 3. The number of halogens is 2. The van der Waals surface area contributed by atoms with E-state index in [2.05, 4.69) is 15.5 Å². The predicted molar refractivity (Wildman–Crippen MR) is 113 cm³/mol. The lowest BCUT2D eigenvalue weighted by molar-refractivity contribution is -0.113. The van der Waals surface area contributed by atoms with Crippen LogP contribution in [0.15, 0.2) is 47.6 Å². The van der Waals surface area contributed by atoms with Gasteiger partial charge in [0, 0.05) is 12.6 Å². The summed E-state index contributed by atoms with van der Waals surface area (Å²) in [5.74, 6) is -0.628. The molecule has 0 fully saturated rings. The molecule has 0 saturated carbocycles. The van der Waals surface area contributed by atoms with Gasteiger partial charge < -0.3 is 19.4 Å². The van der Waals surface area contributed by atoms with Gasteiger partial charge in [0.05, 0.1) is 18.6 Å². The molecule has 31 heavy (non-hydrogen) atoms. The Hall–Kier alpha value is -3.14. The topological polar surface area (TPSA) is 78.3 Å². The van der Waals surface area contributed by atoms with Gasteiger partial charge in [0.2, 0.25) is 5.91 Å². The quantitative estimate of drug-likeness (QED) is 0.487. The molecule has 3 rings (SSSR count). The summed E-state index contributed by atoms with van der Waals surface area (Å²) >= 11 is 1.22. The molecule has 1 amide bonds. The monoisotopic (exact) mass is 448 g/mol. The standard InChI is InChI=1S/C21H22F2N4O3S/c1-4-27-20(13(2)30-17-10-9-14(22)11-15(17)23)25-26-21(27)31-12-19(28)24-16-7-5-6-8-18(16)29-3/h5-11,13H,4,12H2,1-3H3,(H,24,28). The van der Waals surface area contributed by atoms with Gasteiger partial charge in [-0.05, 0) is 38.1 Å². The first kappa shape index (κ1) is 22.5. The molecular weight excluding hydrogens is 426 g/mol. The summed E-state index contributed by atoms with van der Waals surface area (Å²) in [6, 6.07) is 10.2. The molecule has 10 heteroatoms. The summed E-state index contributed by atoms with van der Waals surface area (Å²) in [6.07, 6.45) is -0.635. The maximum atomic E-state index is 13.9. The Morgan fingerprint density at radius 3 is 2.68 bits per heavy atom. The van der Waals surface area contributed by atoms with Gasteiger partial charge in [0.15, 0.2) is 28.7 Å². The summed E-state index contributed by atoms with van der Waals surface area (Å²) in [4.78, 5) is 12.4. The lowest BCUT2D eigenvalue weighted by Gasteiger charge is -2.16. The first-order valence-corrected chi connectivity index (χ1v) is 10.5. The number of methoxy groups -OCH3 is 1. The highest BCUT2D eigenvalue weighted by atomic mass is 32.2. The minimum atomic E-state index is -0.794. The number of nitrogens with zero attached hydrogens (tertiary/aromatic N) is 3. The maximum absolute atomic E-state index is 13.9. The molecule has 1 aromatic heterocycles. The number of para-hydroxylation sites is 2. The van der Waals surface area contributed by atoms with E-state index >= 15 is 0 Å². The highest BCUT2D eigenvalue weighted by Crippen LogP contribution is 2.27. The molecule has 7 nitrogen and oxygen atoms in total. The van der Waals surface area contributed by atoms with E-state index < -0.39 is 17.7 Å². The first-order chi connectivity index (χ1) is 14.9. The minimum absolute atomic E-state index is 0.0788. The van der Waals surface area contributed by atoms with E-state index in [0.29, 0.717) is 29.0 Å². The SMILES string of the molecule is CCn1c(SCC(=O)Nc2ccccc2OC)nnc1C(C)Oc1ccc(F)cc1F. The van der Waals surface area contributed by atoms with Crippen LogP contribution in [0, 0.1) is 11.6 Å². The van der Waals surface area contributed by atoms with Crippen LogP contribution in [0.25, 0.3) is 0 Å². The van der Waals surface area contributed by atoms with Crippen LogP contribution in [0.3, 0.4) is 0 Å². The zero-order chi connectivity index (χ0) is 22.4. The van der Waals surface area contributed by atoms with Crippen molar-refractivity contribution in [2.75, 3.05) is 18.2 Å². The largest absolute Gasteiger partial charge is 0.495 e. The Labute approximate surface area is 182 Å². The summed E-state index contributed by atoms with van der Waals surface area (Å²) in [5.41, 5.74) is 0.580. The van der Waals surface area contributed by atoms with Crippen LogP contribution < -0.4 is 14.8 Å². The number of carbonyl (C=O) groups excluding carboxylic acids is 1. The number of carbonyl (C=O) groups is 1. The van der Waals surface area contributed by atoms with Crippen LogP contribution in [-0.2, 0) is 11.3 Å². The molecule has 2 aromatic carbocycles. The van der Waals surface area contributed by atoms with Gasteiger partial charge in [-0.1, -0.05) is 23.9 Å². The van der Waals surface area contributed by atoms with Crippen LogP contribution in [0.1, 0.15) is 25.8 Å². The van der Waals surface area contributed by atoms with E-state index in [9.17, 15) is 13.6 Å². The molecule has 0 bridgehead atoms. The van der Waals surface area contributed by atoms with Gasteiger partial charge in [-0.25, -0.2) is 8.78 Å². The average Bonchev–Trinajstić information content (AvgIpc) is 3.17. The van der Waals surface area contributed by atoms with E-state index in [1.807, 2.05) is 13.0 Å². The van der Waals surface area contributed by atoms with Crippen molar-refractivity contribution in [1.82, 2.24) is 14.8 Å². The Bertz CT molecular complexity index is 1060. The number of benzene rings is 2. The van der Waals surface area contributed by atoms with Gasteiger partial charge in [-0.2, -0.15) is 0 Å². The number of nitrogens with one attached hydrogen (secondary N) is 1. The van der Waals surface area contributed by atoms with Crippen LogP contribution in [-0.4, -0.2) is 33.5 Å². The van der Waals surface area contributed by atoms with Crippen LogP contribution in [0.5, 0.6) is 11.5 Å². The van der Waals surface area contributed by atoms with Gasteiger partial charge in [-0.3, -0.25) is 4.79 Å². The second-order valence-corrected chi connectivity index (χ2v) is 7.40. The molecule has 0 spiro atoms. The van der Waals surface area contributed by atoms with Gasteiger partial charge >= 0.3 is 0 Å². The Balaban J connectivity index is 1.66. The molecule has 0 radical (unpaired) electrons. The zero-order valence-corrected chi connectivity index (χ0v) is 18.1. The fourth-order valence-corrected chi connectivity index (χ4v) is 3.69. The van der Waals surface area contributed by atoms with E-state index in [4.69, 9.17) is 9.47 Å². The Morgan fingerprint density at radius 1 is 1.19 bits per heavy atom. The number of hydrogen-bond acceptors (Lipinski definition) is 6. The second kappa shape index (κ2) is 10.3. The average molecular weight is 448 g/mol. The molecule has 0 aliphatic carbocycles. The van der Waals surface area contributed by atoms with Crippen molar-refractivity contribution < 1.29 is 23.0 Å². The van der Waals surface area contributed by atoms with Crippen molar-refractivity contribution in [2.24, 2.45) is 0 Å². The van der Waals surface area contributed by atoms with Crippen molar-refractivity contribution in [3.05, 3.63) is 59.9 Å². The van der Waals surface area contributed by atoms with Crippen LogP contribution in [0.4, 0.5) is 14.5 Å². The van der Waals surface area contributed by atoms with Crippen molar-refractivity contribution in [1.29, 1.82) is 0 Å². The molecule has 3 aromatic rings. The van der Waals surface area contributed by atoms with Crippen LogP contribution in [0.2, 0.25) is 0 Å². The Kier molecular flexibility index (Phi) is 7.45. The number of anilines is 1. The van der Waals surface area contributed by atoms with E-state index in [-0.39, 0.29) is 17.4 Å². The molecule has 164 valence electrons. The predicted octanol–water partition coefficient (Wildman–Crippen LogP) is 4.46. The highest BCUT2D eigenvalue weighted by Gasteiger charge is 2.21. The first-order valence-electron chi connectivity index (χ1n) is 9.53. The maximum Gasteiger partial charge on any atom is 0.234 e. The van der Waals surface area contributed by atoms with Crippen molar-refractivity contribution in [2.45, 2.75) is 31.7 Å². The van der Waals surface area contributed by atoms with E-state index in [1.54, 1.807) is 29.7 Å². The zero-order valence-electron chi connectivity index (χ0n) is 17.3. The number of ether oxygens (including phenoxy) is 2. The molecule has 0 aliphatic heterocycles. The number of thioether (sulfide) groups is 1. The van der Waals surface area contributed by atoms with Crippen molar-refractivity contribution in [3.8, 4) is 11.5 Å². The molecule has 1 N–H and O–H groups in total. The van der Waals surface area contributed by atoms with Crippen LogP contribution >= 0.6 is 11.8 Å². The lowest BCUT2D eigenvalue weighted by atomic mass is 10.3. The number of rotatable bonds is 9. The second-order valence-electron chi connectivity index (χ2n) is 6.46. The number of amides is 1. The van der Waals surface area contributed by atoms with Crippen molar-refractivity contribution >= 4 is 23.4 Å². The van der Waals surface area contributed by atoms with Gasteiger partial charge in [0.1, 0.15) is 11.6 Å². The molecule has 0 aliphatic rings. The smallest absolute Gasteiger partial charge is 0.234 e. The molecule has 1 atom stereocenters. The summed E-state index contributed by atoms with van der Waals surface area (Å²) in [7, 11) is 1.53. The molecule has 0 saturated heterocycles. The van der Waals surface area contributed by atoms with Gasteiger partial charge in [0.25, 0.3) is 0 Å². The highest BCUT2D eigenvalue weighted by molar-refractivity contribution is 7.99. The Morgan fingerprint density at radius 2 is 1.97 bits per heavy atom. The van der Waals surface area contributed by atoms with Gasteiger partial charge in [-0.15, -0.1) is 10.2 Å². The third-order valence-corrected chi connectivity index (χ3v) is 5.30. The van der Waals surface area contributed by atoms with E-state index in [1.165, 1.54) is 24.9 Å². The normalized spacial score (nSPS) is 11.8. The summed E-state index contributed by atoms with van der Waals surface area (Å²) < 4.78 is 39.6. The fraction of sp³-hybridized carbons (Fsp3) is 0.286. The minimum Gasteiger partial charge on any atom is -0.495 e. The summed E-state index contributed by atoms with van der Waals surface area (Å²) in [6.45, 7) is 4.12. The van der Waals surface area contributed by atoms with Crippen molar-refractivity contribution in [3.63, 3.8) is 0 Å². The molecular formula is C21H22F2N4O3S. The lowest BCUT2D eigenvalue weighted by Crippen LogP contribution is -2.16. The third-order valence-electron chi connectivity index (χ3n) is 4.34. The third kappa shape index (κ3) is 5.52. The van der Waals surface area contributed by atoms with E-state index in [0.717, 1.165) is 12.1 Å². The number of hydrogen-bond donors (Lipinski definition) is 1. The summed E-state index contributed by atoms with van der Waals surface area (Å²) in [5, 5.41) is 11.6. The molecule has 1 heterocycles. The fourth-order valence-electron chi connectivity index (χ4n) is 2.88. The molecule has 1 unspecified atom stereocenters.